The number of rotatable bonds is 4. The summed E-state index contributed by atoms with van der Waals surface area (Å²) >= 11 is 0. The highest BCUT2D eigenvalue weighted by Gasteiger charge is 2.29. The molecule has 0 aromatic heterocycles. The molecule has 0 spiro atoms. The molecule has 98 valence electrons. The Labute approximate surface area is 107 Å². The van der Waals surface area contributed by atoms with Gasteiger partial charge in [0.2, 0.25) is 0 Å². The topological polar surface area (TPSA) is 49.8 Å². The summed E-state index contributed by atoms with van der Waals surface area (Å²) in [6.07, 6.45) is 1.02. The molecule has 1 heterocycles. The summed E-state index contributed by atoms with van der Waals surface area (Å²) in [4.78, 5) is 13.0. The molecule has 0 radical (unpaired) electrons. The SMILES string of the molecule is COc1ccc([C@@H]2CCN([C@H](C)C(=O)O)C2)cc1. The van der Waals surface area contributed by atoms with Crippen molar-refractivity contribution in [2.75, 3.05) is 20.2 Å². The molecule has 18 heavy (non-hydrogen) atoms. The van der Waals surface area contributed by atoms with Crippen LogP contribution in [0.2, 0.25) is 0 Å². The Bertz CT molecular complexity index is 416. The van der Waals surface area contributed by atoms with Crippen molar-refractivity contribution in [2.24, 2.45) is 0 Å². The number of benzene rings is 1. The second kappa shape index (κ2) is 5.40. The van der Waals surface area contributed by atoms with Gasteiger partial charge in [0, 0.05) is 6.54 Å². The Morgan fingerprint density at radius 2 is 2.11 bits per heavy atom. The zero-order valence-electron chi connectivity index (χ0n) is 10.8. The van der Waals surface area contributed by atoms with Gasteiger partial charge in [0.1, 0.15) is 11.8 Å². The highest BCUT2D eigenvalue weighted by molar-refractivity contribution is 5.72. The second-order valence-electron chi connectivity index (χ2n) is 4.77. The predicted molar refractivity (Wildman–Crippen MR) is 69.0 cm³/mol. The molecule has 2 rings (SSSR count). The molecule has 1 fully saturated rings. The van der Waals surface area contributed by atoms with E-state index >= 15 is 0 Å². The lowest BCUT2D eigenvalue weighted by molar-refractivity contribution is -0.142. The van der Waals surface area contributed by atoms with Crippen LogP contribution in [0.5, 0.6) is 5.75 Å². The molecule has 2 atom stereocenters. The summed E-state index contributed by atoms with van der Waals surface area (Å²) in [5, 5.41) is 9.01. The molecule has 4 heteroatoms. The van der Waals surface area contributed by atoms with Crippen LogP contribution in [-0.2, 0) is 4.79 Å². The van der Waals surface area contributed by atoms with Crippen molar-refractivity contribution in [3.8, 4) is 5.75 Å². The average Bonchev–Trinajstić information content (AvgIpc) is 2.87. The third-order valence-corrected chi connectivity index (χ3v) is 3.71. The second-order valence-corrected chi connectivity index (χ2v) is 4.77. The lowest BCUT2D eigenvalue weighted by Gasteiger charge is -2.20. The van der Waals surface area contributed by atoms with Crippen LogP contribution in [0.3, 0.4) is 0 Å². The maximum atomic E-state index is 11.0. The maximum absolute atomic E-state index is 11.0. The monoisotopic (exact) mass is 249 g/mol. The van der Waals surface area contributed by atoms with Crippen molar-refractivity contribution in [1.82, 2.24) is 4.90 Å². The zero-order valence-corrected chi connectivity index (χ0v) is 10.8. The number of ether oxygens (including phenoxy) is 1. The normalized spacial score (nSPS) is 21.8. The first kappa shape index (κ1) is 12.9. The van der Waals surface area contributed by atoms with E-state index < -0.39 is 12.0 Å². The molecule has 1 aromatic rings. The van der Waals surface area contributed by atoms with Gasteiger partial charge < -0.3 is 9.84 Å². The summed E-state index contributed by atoms with van der Waals surface area (Å²) in [5.41, 5.74) is 1.26. The minimum Gasteiger partial charge on any atom is -0.497 e. The van der Waals surface area contributed by atoms with Gasteiger partial charge in [-0.2, -0.15) is 0 Å². The van der Waals surface area contributed by atoms with Crippen LogP contribution in [0.1, 0.15) is 24.8 Å². The van der Waals surface area contributed by atoms with Crippen molar-refractivity contribution in [3.05, 3.63) is 29.8 Å². The number of hydrogen-bond acceptors (Lipinski definition) is 3. The molecule has 0 bridgehead atoms. The minimum atomic E-state index is -0.745. The van der Waals surface area contributed by atoms with Crippen LogP contribution in [-0.4, -0.2) is 42.2 Å². The van der Waals surface area contributed by atoms with E-state index in [2.05, 4.69) is 12.1 Å². The molecule has 0 amide bonds. The molecule has 1 aliphatic rings. The summed E-state index contributed by atoms with van der Waals surface area (Å²) in [6, 6.07) is 7.65. The predicted octanol–water partition coefficient (Wildman–Crippen LogP) is 1.96. The van der Waals surface area contributed by atoms with Gasteiger partial charge in [-0.05, 0) is 43.5 Å². The number of methoxy groups -OCH3 is 1. The molecule has 1 aromatic carbocycles. The third-order valence-electron chi connectivity index (χ3n) is 3.71. The highest BCUT2D eigenvalue weighted by atomic mass is 16.5. The molecular formula is C14H19NO3. The van der Waals surface area contributed by atoms with E-state index in [9.17, 15) is 4.79 Å². The van der Waals surface area contributed by atoms with Crippen molar-refractivity contribution < 1.29 is 14.6 Å². The zero-order chi connectivity index (χ0) is 13.1. The summed E-state index contributed by atoms with van der Waals surface area (Å²) in [7, 11) is 1.65. The van der Waals surface area contributed by atoms with E-state index in [1.807, 2.05) is 17.0 Å². The maximum Gasteiger partial charge on any atom is 0.320 e. The smallest absolute Gasteiger partial charge is 0.320 e. The lowest BCUT2D eigenvalue weighted by Crippen LogP contribution is -2.37. The van der Waals surface area contributed by atoms with Crippen LogP contribution in [0.25, 0.3) is 0 Å². The third kappa shape index (κ3) is 2.64. The Morgan fingerprint density at radius 3 is 2.67 bits per heavy atom. The van der Waals surface area contributed by atoms with E-state index in [1.165, 1.54) is 5.56 Å². The largest absolute Gasteiger partial charge is 0.497 e. The molecule has 0 saturated carbocycles. The minimum absolute atomic E-state index is 0.395. The summed E-state index contributed by atoms with van der Waals surface area (Å²) in [6.45, 7) is 3.42. The quantitative estimate of drug-likeness (QED) is 0.886. The number of likely N-dealkylation sites (tertiary alicyclic amines) is 1. The number of aliphatic carboxylic acids is 1. The first-order valence-electron chi connectivity index (χ1n) is 6.22. The van der Waals surface area contributed by atoms with Gasteiger partial charge in [0.05, 0.1) is 7.11 Å². The van der Waals surface area contributed by atoms with Crippen molar-refractivity contribution in [2.45, 2.75) is 25.3 Å². The van der Waals surface area contributed by atoms with Crippen LogP contribution < -0.4 is 4.74 Å². The van der Waals surface area contributed by atoms with Crippen LogP contribution in [0.4, 0.5) is 0 Å². The number of carboxylic acid groups (broad SMARTS) is 1. The van der Waals surface area contributed by atoms with E-state index in [1.54, 1.807) is 14.0 Å². The van der Waals surface area contributed by atoms with Gasteiger partial charge in [-0.1, -0.05) is 12.1 Å². The number of nitrogens with zero attached hydrogens (tertiary/aromatic N) is 1. The summed E-state index contributed by atoms with van der Waals surface area (Å²) in [5.74, 6) is 0.538. The molecule has 0 aliphatic carbocycles. The van der Waals surface area contributed by atoms with Gasteiger partial charge in [0.25, 0.3) is 0 Å². The number of carboxylic acids is 1. The molecular weight excluding hydrogens is 230 g/mol. The standard InChI is InChI=1S/C14H19NO3/c1-10(14(16)17)15-8-7-12(9-15)11-3-5-13(18-2)6-4-11/h3-6,10,12H,7-9H2,1-2H3,(H,16,17)/t10-,12-/m1/s1. The Balaban J connectivity index is 2.01. The first-order chi connectivity index (χ1) is 8.61. The molecule has 4 nitrogen and oxygen atoms in total. The van der Waals surface area contributed by atoms with Gasteiger partial charge in [-0.25, -0.2) is 0 Å². The Morgan fingerprint density at radius 1 is 1.44 bits per heavy atom. The van der Waals surface area contributed by atoms with Crippen LogP contribution in [0.15, 0.2) is 24.3 Å². The Kier molecular flexibility index (Phi) is 3.87. The fourth-order valence-electron chi connectivity index (χ4n) is 2.44. The fraction of sp³-hybridized carbons (Fsp3) is 0.500. The average molecular weight is 249 g/mol. The number of hydrogen-bond donors (Lipinski definition) is 1. The molecule has 0 unspecified atom stereocenters. The van der Waals surface area contributed by atoms with E-state index in [0.29, 0.717) is 5.92 Å². The van der Waals surface area contributed by atoms with Crippen molar-refractivity contribution in [3.63, 3.8) is 0 Å². The van der Waals surface area contributed by atoms with Gasteiger partial charge >= 0.3 is 5.97 Å². The van der Waals surface area contributed by atoms with Crippen molar-refractivity contribution in [1.29, 1.82) is 0 Å². The fourth-order valence-corrected chi connectivity index (χ4v) is 2.44. The highest BCUT2D eigenvalue weighted by Crippen LogP contribution is 2.29. The Hall–Kier alpha value is -1.55. The molecule has 1 N–H and O–H groups in total. The van der Waals surface area contributed by atoms with Gasteiger partial charge in [-0.3, -0.25) is 9.69 Å². The van der Waals surface area contributed by atoms with Crippen LogP contribution in [0, 0.1) is 0 Å². The van der Waals surface area contributed by atoms with E-state index in [4.69, 9.17) is 9.84 Å². The van der Waals surface area contributed by atoms with E-state index in [0.717, 1.165) is 25.3 Å². The summed E-state index contributed by atoms with van der Waals surface area (Å²) < 4.78 is 5.13. The van der Waals surface area contributed by atoms with Gasteiger partial charge in [0.15, 0.2) is 0 Å². The van der Waals surface area contributed by atoms with Crippen LogP contribution >= 0.6 is 0 Å². The molecule has 1 saturated heterocycles. The van der Waals surface area contributed by atoms with E-state index in [-0.39, 0.29) is 0 Å². The van der Waals surface area contributed by atoms with Gasteiger partial charge in [-0.15, -0.1) is 0 Å². The van der Waals surface area contributed by atoms with Crippen molar-refractivity contribution >= 4 is 5.97 Å². The number of carbonyl (C=O) groups is 1. The first-order valence-corrected chi connectivity index (χ1v) is 6.22. The molecule has 1 aliphatic heterocycles. The lowest BCUT2D eigenvalue weighted by atomic mass is 9.98.